The van der Waals surface area contributed by atoms with Gasteiger partial charge in [-0.2, -0.15) is 4.31 Å². The number of nitrogens with two attached hydrogens (primary N) is 1. The van der Waals surface area contributed by atoms with Crippen LogP contribution in [0.1, 0.15) is 34.1 Å². The second-order valence-electron chi connectivity index (χ2n) is 4.12. The van der Waals surface area contributed by atoms with Crippen LogP contribution >= 0.6 is 0 Å². The lowest BCUT2D eigenvalue weighted by atomic mass is 10.00. The molecule has 1 atom stereocenters. The topological polar surface area (TPSA) is 63.4 Å². The smallest absolute Gasteiger partial charge is 0.216 e. The Balaban J connectivity index is 5.04. The highest BCUT2D eigenvalue weighted by Crippen LogP contribution is 2.21. The minimum Gasteiger partial charge on any atom is -0.329 e. The molecular weight excluding hydrogens is 200 g/mol. The third kappa shape index (κ3) is 2.46. The van der Waals surface area contributed by atoms with Gasteiger partial charge in [0.2, 0.25) is 10.0 Å². The van der Waals surface area contributed by atoms with Gasteiger partial charge < -0.3 is 5.73 Å². The van der Waals surface area contributed by atoms with E-state index in [4.69, 9.17) is 5.73 Å². The molecule has 0 saturated carbocycles. The molecule has 0 aliphatic heterocycles. The fourth-order valence-corrected chi connectivity index (χ4v) is 2.57. The molecular formula is C9H22N2O2S. The molecule has 0 aromatic heterocycles. The summed E-state index contributed by atoms with van der Waals surface area (Å²) in [5.41, 5.74) is 5.14. The second kappa shape index (κ2) is 4.59. The Morgan fingerprint density at radius 3 is 2.07 bits per heavy atom. The normalized spacial score (nSPS) is 17.4. The maximum atomic E-state index is 11.9. The molecule has 0 aliphatic carbocycles. The van der Waals surface area contributed by atoms with Gasteiger partial charge in [0.25, 0.3) is 0 Å². The van der Waals surface area contributed by atoms with Crippen LogP contribution in [0.2, 0.25) is 0 Å². The SMILES string of the molecule is CCC(C)(CN)N(C)S(=O)(=O)C(C)C. The Bertz CT molecular complexity index is 269. The first-order valence-corrected chi connectivity index (χ1v) is 6.40. The molecule has 14 heavy (non-hydrogen) atoms. The standard InChI is InChI=1S/C9H22N2O2S/c1-6-9(4,7-10)11(5)14(12,13)8(2)3/h8H,6-7,10H2,1-5H3. The zero-order valence-corrected chi connectivity index (χ0v) is 10.6. The Hall–Kier alpha value is -0.130. The van der Waals surface area contributed by atoms with Gasteiger partial charge in [0.05, 0.1) is 5.25 Å². The van der Waals surface area contributed by atoms with Crippen molar-refractivity contribution in [3.63, 3.8) is 0 Å². The van der Waals surface area contributed by atoms with E-state index in [0.29, 0.717) is 13.0 Å². The molecule has 0 aromatic rings. The fraction of sp³-hybridized carbons (Fsp3) is 1.00. The van der Waals surface area contributed by atoms with E-state index in [1.807, 2.05) is 13.8 Å². The third-order valence-corrected chi connectivity index (χ3v) is 5.33. The lowest BCUT2D eigenvalue weighted by Gasteiger charge is -2.37. The fourth-order valence-electron chi connectivity index (χ4n) is 1.12. The van der Waals surface area contributed by atoms with E-state index in [1.54, 1.807) is 20.9 Å². The van der Waals surface area contributed by atoms with E-state index in [-0.39, 0.29) is 0 Å². The molecule has 86 valence electrons. The lowest BCUT2D eigenvalue weighted by molar-refractivity contribution is 0.238. The highest BCUT2D eigenvalue weighted by molar-refractivity contribution is 7.89. The van der Waals surface area contributed by atoms with E-state index in [0.717, 1.165) is 0 Å². The summed E-state index contributed by atoms with van der Waals surface area (Å²) in [6.45, 7) is 7.51. The van der Waals surface area contributed by atoms with Crippen LogP contribution in [0.5, 0.6) is 0 Å². The molecule has 0 aromatic carbocycles. The van der Waals surface area contributed by atoms with Crippen molar-refractivity contribution in [2.75, 3.05) is 13.6 Å². The van der Waals surface area contributed by atoms with Gasteiger partial charge >= 0.3 is 0 Å². The van der Waals surface area contributed by atoms with Gasteiger partial charge in [-0.25, -0.2) is 8.42 Å². The molecule has 1 unspecified atom stereocenters. The third-order valence-electron chi connectivity index (χ3n) is 2.94. The quantitative estimate of drug-likeness (QED) is 0.748. The van der Waals surface area contributed by atoms with E-state index in [2.05, 4.69) is 0 Å². The summed E-state index contributed by atoms with van der Waals surface area (Å²) in [6.07, 6.45) is 0.714. The molecule has 0 amide bonds. The Kier molecular flexibility index (Phi) is 4.55. The minimum atomic E-state index is -3.21. The van der Waals surface area contributed by atoms with Gasteiger partial charge in [0.1, 0.15) is 0 Å². The first-order chi connectivity index (χ1) is 6.22. The van der Waals surface area contributed by atoms with Crippen molar-refractivity contribution < 1.29 is 8.42 Å². The maximum Gasteiger partial charge on any atom is 0.216 e. The van der Waals surface area contributed by atoms with E-state index in [9.17, 15) is 8.42 Å². The summed E-state index contributed by atoms with van der Waals surface area (Å²) in [4.78, 5) is 0. The van der Waals surface area contributed by atoms with Crippen molar-refractivity contribution in [1.29, 1.82) is 0 Å². The van der Waals surface area contributed by atoms with Gasteiger partial charge in [0, 0.05) is 19.1 Å². The van der Waals surface area contributed by atoms with Crippen LogP contribution in [0.15, 0.2) is 0 Å². The summed E-state index contributed by atoms with van der Waals surface area (Å²) >= 11 is 0. The van der Waals surface area contributed by atoms with Crippen molar-refractivity contribution >= 4 is 10.0 Å². The Morgan fingerprint density at radius 2 is 1.86 bits per heavy atom. The predicted molar refractivity (Wildman–Crippen MR) is 59.6 cm³/mol. The van der Waals surface area contributed by atoms with Crippen molar-refractivity contribution in [3.8, 4) is 0 Å². The van der Waals surface area contributed by atoms with Gasteiger partial charge in [-0.1, -0.05) is 6.92 Å². The number of hydrogen-bond donors (Lipinski definition) is 1. The van der Waals surface area contributed by atoms with Crippen LogP contribution in [-0.4, -0.2) is 37.1 Å². The first kappa shape index (κ1) is 13.9. The average molecular weight is 222 g/mol. The summed E-state index contributed by atoms with van der Waals surface area (Å²) < 4.78 is 25.1. The largest absolute Gasteiger partial charge is 0.329 e. The summed E-state index contributed by atoms with van der Waals surface area (Å²) in [7, 11) is -1.60. The highest BCUT2D eigenvalue weighted by Gasteiger charge is 2.35. The molecule has 0 rings (SSSR count). The lowest BCUT2D eigenvalue weighted by Crippen LogP contribution is -2.53. The molecule has 0 heterocycles. The predicted octanol–water partition coefficient (Wildman–Crippen LogP) is 0.784. The van der Waals surface area contributed by atoms with E-state index in [1.165, 1.54) is 4.31 Å². The number of nitrogens with zero attached hydrogens (tertiary/aromatic N) is 1. The molecule has 5 heteroatoms. The summed E-state index contributed by atoms with van der Waals surface area (Å²) in [6, 6.07) is 0. The Morgan fingerprint density at radius 1 is 1.43 bits per heavy atom. The molecule has 0 aliphatic rings. The highest BCUT2D eigenvalue weighted by atomic mass is 32.2. The number of hydrogen-bond acceptors (Lipinski definition) is 3. The first-order valence-electron chi connectivity index (χ1n) is 4.90. The molecule has 4 nitrogen and oxygen atoms in total. The number of likely N-dealkylation sites (N-methyl/N-ethyl adjacent to an activating group) is 1. The summed E-state index contributed by atoms with van der Waals surface area (Å²) in [5.74, 6) is 0. The van der Waals surface area contributed by atoms with E-state index >= 15 is 0 Å². The van der Waals surface area contributed by atoms with Crippen LogP contribution in [0.25, 0.3) is 0 Å². The zero-order valence-electron chi connectivity index (χ0n) is 9.74. The minimum absolute atomic E-state index is 0.339. The van der Waals surface area contributed by atoms with Gasteiger partial charge in [-0.3, -0.25) is 0 Å². The van der Waals surface area contributed by atoms with Crippen molar-refractivity contribution in [2.45, 2.75) is 44.9 Å². The molecule has 0 fully saturated rings. The molecule has 0 spiro atoms. The molecule has 2 N–H and O–H groups in total. The average Bonchev–Trinajstić information content (AvgIpc) is 2.15. The second-order valence-corrected chi connectivity index (χ2v) is 6.64. The molecule has 0 saturated heterocycles. The zero-order chi connectivity index (χ0) is 11.6. The molecule has 0 radical (unpaired) electrons. The van der Waals surface area contributed by atoms with Crippen molar-refractivity contribution in [2.24, 2.45) is 5.73 Å². The van der Waals surface area contributed by atoms with Crippen LogP contribution in [0, 0.1) is 0 Å². The van der Waals surface area contributed by atoms with Crippen LogP contribution in [-0.2, 0) is 10.0 Å². The number of rotatable bonds is 5. The van der Waals surface area contributed by atoms with Gasteiger partial charge in [-0.05, 0) is 27.2 Å². The van der Waals surface area contributed by atoms with Gasteiger partial charge in [0.15, 0.2) is 0 Å². The number of sulfonamides is 1. The summed E-state index contributed by atoms with van der Waals surface area (Å²) in [5, 5.41) is -0.398. The van der Waals surface area contributed by atoms with E-state index < -0.39 is 20.8 Å². The Labute approximate surface area is 87.5 Å². The van der Waals surface area contributed by atoms with Crippen molar-refractivity contribution in [3.05, 3.63) is 0 Å². The van der Waals surface area contributed by atoms with Crippen LogP contribution in [0.4, 0.5) is 0 Å². The van der Waals surface area contributed by atoms with Crippen molar-refractivity contribution in [1.82, 2.24) is 4.31 Å². The monoisotopic (exact) mass is 222 g/mol. The van der Waals surface area contributed by atoms with Crippen LogP contribution in [0.3, 0.4) is 0 Å². The van der Waals surface area contributed by atoms with Crippen LogP contribution < -0.4 is 5.73 Å². The van der Waals surface area contributed by atoms with Gasteiger partial charge in [-0.15, -0.1) is 0 Å². The maximum absolute atomic E-state index is 11.9. The molecule has 0 bridgehead atoms.